The van der Waals surface area contributed by atoms with Crippen LogP contribution in [0.25, 0.3) is 28.6 Å². The quantitative estimate of drug-likeness (QED) is 0.464. The van der Waals surface area contributed by atoms with Crippen molar-refractivity contribution in [3.63, 3.8) is 0 Å². The molecule has 0 saturated heterocycles. The summed E-state index contributed by atoms with van der Waals surface area (Å²) in [5.41, 5.74) is 0.171. The van der Waals surface area contributed by atoms with Crippen molar-refractivity contribution in [1.29, 1.82) is 0 Å². The second-order valence-electron chi connectivity index (χ2n) is 6.24. The molecule has 0 aliphatic carbocycles. The maximum atomic E-state index is 13.0. The van der Waals surface area contributed by atoms with Gasteiger partial charge in [0.15, 0.2) is 5.65 Å². The van der Waals surface area contributed by atoms with Crippen molar-refractivity contribution in [3.05, 3.63) is 57.8 Å². The molecule has 0 spiro atoms. The number of aliphatic carboxylic acids is 1. The summed E-state index contributed by atoms with van der Waals surface area (Å²) in [5.74, 6) is -0.945. The molecule has 12 heteroatoms. The molecule has 30 heavy (non-hydrogen) atoms. The highest BCUT2D eigenvalue weighted by molar-refractivity contribution is 6.33. The number of aromatic nitrogens is 4. The minimum Gasteiger partial charge on any atom is -0.481 e. The molecule has 1 N–H and O–H groups in total. The van der Waals surface area contributed by atoms with E-state index < -0.39 is 17.7 Å². The lowest BCUT2D eigenvalue weighted by Gasteiger charge is -2.07. The Morgan fingerprint density at radius 1 is 1.13 bits per heavy atom. The average molecular weight is 457 g/mol. The fourth-order valence-electron chi connectivity index (χ4n) is 2.78. The van der Waals surface area contributed by atoms with E-state index in [9.17, 15) is 18.0 Å². The summed E-state index contributed by atoms with van der Waals surface area (Å²) in [6, 6.07) is 5.37. The van der Waals surface area contributed by atoms with Crippen LogP contribution >= 0.6 is 23.2 Å². The first-order valence-electron chi connectivity index (χ1n) is 8.22. The molecular weight excluding hydrogens is 448 g/mol. The maximum absolute atomic E-state index is 13.0. The summed E-state index contributed by atoms with van der Waals surface area (Å²) < 4.78 is 45.2. The monoisotopic (exact) mass is 456 g/mol. The zero-order chi connectivity index (χ0) is 21.6. The van der Waals surface area contributed by atoms with Crippen LogP contribution in [0.4, 0.5) is 13.2 Å². The highest BCUT2D eigenvalue weighted by Gasteiger charge is 2.32. The van der Waals surface area contributed by atoms with Crippen LogP contribution in [0.15, 0.2) is 41.2 Å². The number of carbonyl (C=O) groups is 1. The Morgan fingerprint density at radius 3 is 2.57 bits per heavy atom. The first-order chi connectivity index (χ1) is 14.1. The molecule has 3 aromatic heterocycles. The van der Waals surface area contributed by atoms with Crippen molar-refractivity contribution >= 4 is 34.8 Å². The second-order valence-corrected chi connectivity index (χ2v) is 7.05. The van der Waals surface area contributed by atoms with E-state index in [2.05, 4.69) is 15.1 Å². The van der Waals surface area contributed by atoms with Gasteiger partial charge in [-0.2, -0.15) is 18.2 Å². The standard InChI is InChI=1S/C18H9Cl2F3N4O3/c19-11-3-8(4-14(28)29)1-2-10(11)15-25-17(30-26-15)13-7-27-6-9(18(21,22)23)5-12(20)16(27)24-13/h1-3,5-7H,4H2,(H,28,29). The summed E-state index contributed by atoms with van der Waals surface area (Å²) in [6.45, 7) is 0. The second kappa shape index (κ2) is 7.29. The normalized spacial score (nSPS) is 11.9. The Labute approximate surface area is 175 Å². The third-order valence-corrected chi connectivity index (χ3v) is 4.70. The van der Waals surface area contributed by atoms with Gasteiger partial charge in [-0.15, -0.1) is 0 Å². The molecule has 0 aliphatic heterocycles. The van der Waals surface area contributed by atoms with Crippen LogP contribution in [0.3, 0.4) is 0 Å². The Morgan fingerprint density at radius 2 is 1.90 bits per heavy atom. The number of alkyl halides is 3. The number of carboxylic acids is 1. The van der Waals surface area contributed by atoms with Crippen LogP contribution < -0.4 is 0 Å². The van der Waals surface area contributed by atoms with Crippen LogP contribution in [0.5, 0.6) is 0 Å². The van der Waals surface area contributed by atoms with Crippen LogP contribution in [0.2, 0.25) is 10.0 Å². The summed E-state index contributed by atoms with van der Waals surface area (Å²) in [4.78, 5) is 19.1. The number of nitrogens with zero attached hydrogens (tertiary/aromatic N) is 4. The third kappa shape index (κ3) is 3.83. The molecule has 0 aliphatic rings. The number of imidazole rings is 1. The van der Waals surface area contributed by atoms with Crippen LogP contribution in [-0.2, 0) is 17.4 Å². The van der Waals surface area contributed by atoms with Crippen molar-refractivity contribution in [3.8, 4) is 23.0 Å². The topological polar surface area (TPSA) is 93.5 Å². The van der Waals surface area contributed by atoms with Crippen LogP contribution in [0, 0.1) is 0 Å². The predicted molar refractivity (Wildman–Crippen MR) is 100 cm³/mol. The molecule has 0 amide bonds. The van der Waals surface area contributed by atoms with Gasteiger partial charge < -0.3 is 14.0 Å². The molecule has 1 aromatic carbocycles. The summed E-state index contributed by atoms with van der Waals surface area (Å²) in [7, 11) is 0. The fraction of sp³-hybridized carbons (Fsp3) is 0.111. The van der Waals surface area contributed by atoms with Crippen molar-refractivity contribution < 1.29 is 27.6 Å². The summed E-state index contributed by atoms with van der Waals surface area (Å²) in [5, 5.41) is 12.7. The number of pyridine rings is 1. The van der Waals surface area contributed by atoms with Gasteiger partial charge in [-0.05, 0) is 23.8 Å². The number of halogens is 5. The molecule has 0 fully saturated rings. The van der Waals surface area contributed by atoms with Gasteiger partial charge in [0.2, 0.25) is 5.82 Å². The van der Waals surface area contributed by atoms with E-state index in [1.807, 2.05) is 0 Å². The van der Waals surface area contributed by atoms with Gasteiger partial charge in [-0.25, -0.2) is 4.98 Å². The summed E-state index contributed by atoms with van der Waals surface area (Å²) in [6.07, 6.45) is -2.62. The van der Waals surface area contributed by atoms with Crippen molar-refractivity contribution in [2.75, 3.05) is 0 Å². The van der Waals surface area contributed by atoms with E-state index in [1.54, 1.807) is 12.1 Å². The van der Waals surface area contributed by atoms with Gasteiger partial charge in [-0.1, -0.05) is 34.4 Å². The molecule has 0 bridgehead atoms. The molecule has 3 heterocycles. The van der Waals surface area contributed by atoms with E-state index in [-0.39, 0.29) is 39.5 Å². The predicted octanol–water partition coefficient (Wildman–Crippen LogP) is 5.00. The van der Waals surface area contributed by atoms with E-state index in [1.165, 1.54) is 12.3 Å². The lowest BCUT2D eigenvalue weighted by Crippen LogP contribution is -2.06. The van der Waals surface area contributed by atoms with Gasteiger partial charge in [0.05, 0.1) is 22.0 Å². The Hall–Kier alpha value is -3.11. The van der Waals surface area contributed by atoms with Crippen molar-refractivity contribution in [2.24, 2.45) is 0 Å². The van der Waals surface area contributed by atoms with E-state index in [4.69, 9.17) is 32.8 Å². The first kappa shape index (κ1) is 20.2. The van der Waals surface area contributed by atoms with E-state index in [0.717, 1.165) is 16.7 Å². The number of hydrogen-bond donors (Lipinski definition) is 1. The highest BCUT2D eigenvalue weighted by Crippen LogP contribution is 2.33. The zero-order valence-electron chi connectivity index (χ0n) is 14.6. The molecule has 154 valence electrons. The van der Waals surface area contributed by atoms with Gasteiger partial charge in [0, 0.05) is 18.0 Å². The minimum atomic E-state index is -4.57. The number of benzene rings is 1. The Balaban J connectivity index is 1.70. The molecule has 0 radical (unpaired) electrons. The van der Waals surface area contributed by atoms with Gasteiger partial charge in [0.1, 0.15) is 5.69 Å². The third-order valence-electron chi connectivity index (χ3n) is 4.11. The van der Waals surface area contributed by atoms with E-state index in [0.29, 0.717) is 11.1 Å². The Bertz CT molecular complexity index is 1280. The lowest BCUT2D eigenvalue weighted by atomic mass is 10.1. The number of hydrogen-bond acceptors (Lipinski definition) is 5. The van der Waals surface area contributed by atoms with Crippen LogP contribution in [-0.4, -0.2) is 30.6 Å². The molecule has 7 nitrogen and oxygen atoms in total. The maximum Gasteiger partial charge on any atom is 0.417 e. The molecule has 0 atom stereocenters. The zero-order valence-corrected chi connectivity index (χ0v) is 16.1. The molecule has 4 rings (SSSR count). The number of fused-ring (bicyclic) bond motifs is 1. The smallest absolute Gasteiger partial charge is 0.417 e. The van der Waals surface area contributed by atoms with Crippen molar-refractivity contribution in [2.45, 2.75) is 12.6 Å². The minimum absolute atomic E-state index is 0.0518. The van der Waals surface area contributed by atoms with Gasteiger partial charge in [-0.3, -0.25) is 4.79 Å². The largest absolute Gasteiger partial charge is 0.481 e. The molecular formula is C18H9Cl2F3N4O3. The fourth-order valence-corrected chi connectivity index (χ4v) is 3.32. The van der Waals surface area contributed by atoms with Gasteiger partial charge >= 0.3 is 12.1 Å². The molecule has 0 saturated carbocycles. The number of rotatable bonds is 4. The summed E-state index contributed by atoms with van der Waals surface area (Å²) >= 11 is 12.1. The van der Waals surface area contributed by atoms with Gasteiger partial charge in [0.25, 0.3) is 5.89 Å². The SMILES string of the molecule is O=C(O)Cc1ccc(-c2noc(-c3cn4cc(C(F)(F)F)cc(Cl)c4n3)n2)c(Cl)c1. The average Bonchev–Trinajstić information content (AvgIpc) is 3.27. The molecule has 4 aromatic rings. The Kier molecular flexibility index (Phi) is 4.91. The molecule has 0 unspecified atom stereocenters. The first-order valence-corrected chi connectivity index (χ1v) is 8.97. The van der Waals surface area contributed by atoms with E-state index >= 15 is 0 Å². The number of carboxylic acid groups (broad SMARTS) is 1. The highest BCUT2D eigenvalue weighted by atomic mass is 35.5. The van der Waals surface area contributed by atoms with Crippen molar-refractivity contribution in [1.82, 2.24) is 19.5 Å². The lowest BCUT2D eigenvalue weighted by molar-refractivity contribution is -0.138. The van der Waals surface area contributed by atoms with Crippen LogP contribution in [0.1, 0.15) is 11.1 Å².